The van der Waals surface area contributed by atoms with Gasteiger partial charge < -0.3 is 20.3 Å². The number of methoxy groups -OCH3 is 2. The second-order valence-corrected chi connectivity index (χ2v) is 4.72. The quantitative estimate of drug-likeness (QED) is 0.786. The number of nitrogens with two attached hydrogens (primary N) is 1. The monoisotopic (exact) mass is 251 g/mol. The number of esters is 1. The Morgan fingerprint density at radius 1 is 1.44 bits per heavy atom. The fraction of sp³-hybridized carbons (Fsp3) is 0.462. The molecule has 0 spiro atoms. The van der Waals surface area contributed by atoms with Crippen molar-refractivity contribution >= 4 is 5.97 Å². The van der Waals surface area contributed by atoms with Crippen LogP contribution >= 0.6 is 0 Å². The highest BCUT2D eigenvalue weighted by Crippen LogP contribution is 2.40. The second-order valence-electron chi connectivity index (χ2n) is 4.72. The minimum Gasteiger partial charge on any atom is -0.504 e. The largest absolute Gasteiger partial charge is 0.504 e. The van der Waals surface area contributed by atoms with Crippen molar-refractivity contribution in [2.24, 2.45) is 5.73 Å². The number of phenols is 1. The topological polar surface area (TPSA) is 81.8 Å². The molecule has 18 heavy (non-hydrogen) atoms. The predicted molar refractivity (Wildman–Crippen MR) is 65.9 cm³/mol. The van der Waals surface area contributed by atoms with Gasteiger partial charge in [0.1, 0.15) is 0 Å². The molecule has 0 heterocycles. The second kappa shape index (κ2) is 4.49. The first kappa shape index (κ1) is 12.7. The van der Waals surface area contributed by atoms with Crippen LogP contribution in [0.4, 0.5) is 0 Å². The van der Waals surface area contributed by atoms with Gasteiger partial charge in [-0.1, -0.05) is 0 Å². The Hall–Kier alpha value is -1.75. The van der Waals surface area contributed by atoms with E-state index >= 15 is 0 Å². The van der Waals surface area contributed by atoms with E-state index in [0.29, 0.717) is 17.5 Å². The van der Waals surface area contributed by atoms with Crippen molar-refractivity contribution in [3.8, 4) is 11.5 Å². The van der Waals surface area contributed by atoms with Gasteiger partial charge in [0.25, 0.3) is 0 Å². The lowest BCUT2D eigenvalue weighted by atomic mass is 10.0. The van der Waals surface area contributed by atoms with Gasteiger partial charge in [-0.15, -0.1) is 0 Å². The lowest BCUT2D eigenvalue weighted by Crippen LogP contribution is -2.24. The molecule has 1 fully saturated rings. The first-order valence-electron chi connectivity index (χ1n) is 5.76. The van der Waals surface area contributed by atoms with E-state index in [0.717, 1.165) is 12.8 Å². The van der Waals surface area contributed by atoms with Gasteiger partial charge in [0.05, 0.1) is 19.8 Å². The van der Waals surface area contributed by atoms with Crippen LogP contribution in [-0.2, 0) is 11.2 Å². The number of hydrogen-bond donors (Lipinski definition) is 2. The summed E-state index contributed by atoms with van der Waals surface area (Å²) in [7, 11) is 2.75. The number of ether oxygens (including phenoxy) is 2. The fourth-order valence-electron chi connectivity index (χ4n) is 1.91. The molecule has 2 rings (SSSR count). The third-order valence-corrected chi connectivity index (χ3v) is 3.23. The molecule has 0 aliphatic heterocycles. The Kier molecular flexibility index (Phi) is 3.17. The molecule has 0 saturated heterocycles. The Balaban J connectivity index is 2.39. The van der Waals surface area contributed by atoms with Crippen LogP contribution in [0, 0.1) is 0 Å². The van der Waals surface area contributed by atoms with Gasteiger partial charge >= 0.3 is 5.97 Å². The van der Waals surface area contributed by atoms with Crippen molar-refractivity contribution in [3.63, 3.8) is 0 Å². The first-order valence-corrected chi connectivity index (χ1v) is 5.76. The van der Waals surface area contributed by atoms with Gasteiger partial charge in [0.15, 0.2) is 11.5 Å². The van der Waals surface area contributed by atoms with Crippen LogP contribution in [0.5, 0.6) is 11.5 Å². The third kappa shape index (κ3) is 2.41. The average molecular weight is 251 g/mol. The smallest absolute Gasteiger partial charge is 0.337 e. The maximum Gasteiger partial charge on any atom is 0.337 e. The van der Waals surface area contributed by atoms with Crippen LogP contribution in [0.1, 0.15) is 28.8 Å². The molecule has 1 aromatic carbocycles. The number of carbonyl (C=O) groups excluding carboxylic acids is 1. The summed E-state index contributed by atoms with van der Waals surface area (Å²) in [5, 5.41) is 10.0. The van der Waals surface area contributed by atoms with E-state index in [1.54, 1.807) is 6.07 Å². The van der Waals surface area contributed by atoms with Crippen LogP contribution in [0.3, 0.4) is 0 Å². The number of benzene rings is 1. The van der Waals surface area contributed by atoms with Crippen molar-refractivity contribution in [2.45, 2.75) is 24.8 Å². The minimum atomic E-state index is -0.462. The molecule has 1 saturated carbocycles. The zero-order valence-electron chi connectivity index (χ0n) is 10.5. The van der Waals surface area contributed by atoms with Gasteiger partial charge in [-0.2, -0.15) is 0 Å². The number of rotatable bonds is 4. The van der Waals surface area contributed by atoms with E-state index in [1.165, 1.54) is 20.3 Å². The van der Waals surface area contributed by atoms with E-state index in [-0.39, 0.29) is 17.0 Å². The van der Waals surface area contributed by atoms with E-state index < -0.39 is 5.97 Å². The molecule has 1 aromatic rings. The first-order chi connectivity index (χ1) is 8.49. The van der Waals surface area contributed by atoms with E-state index in [1.807, 2.05) is 0 Å². The van der Waals surface area contributed by atoms with Crippen LogP contribution in [0.25, 0.3) is 0 Å². The molecule has 5 nitrogen and oxygen atoms in total. The van der Waals surface area contributed by atoms with Gasteiger partial charge in [-0.05, 0) is 31.4 Å². The SMILES string of the molecule is COC(=O)c1cc(CC2(N)CC2)c(O)c(OC)c1. The van der Waals surface area contributed by atoms with E-state index in [2.05, 4.69) is 4.74 Å². The third-order valence-electron chi connectivity index (χ3n) is 3.23. The molecule has 98 valence electrons. The molecule has 1 aliphatic rings. The van der Waals surface area contributed by atoms with Crippen molar-refractivity contribution in [2.75, 3.05) is 14.2 Å². The van der Waals surface area contributed by atoms with Crippen LogP contribution in [-0.4, -0.2) is 30.8 Å². The normalized spacial score (nSPS) is 16.2. The number of aromatic hydroxyl groups is 1. The summed E-state index contributed by atoms with van der Waals surface area (Å²) in [6.45, 7) is 0. The Bertz CT molecular complexity index is 480. The van der Waals surface area contributed by atoms with Gasteiger partial charge in [-0.3, -0.25) is 0 Å². The highest BCUT2D eigenvalue weighted by molar-refractivity contribution is 5.90. The maximum absolute atomic E-state index is 11.5. The Labute approximate surface area is 106 Å². The standard InChI is InChI=1S/C13H17NO4/c1-17-10-6-8(12(16)18-2)5-9(11(10)15)7-13(14)3-4-13/h5-6,15H,3-4,7,14H2,1-2H3. The summed E-state index contributed by atoms with van der Waals surface area (Å²) in [6.07, 6.45) is 2.38. The summed E-state index contributed by atoms with van der Waals surface area (Å²) < 4.78 is 9.73. The lowest BCUT2D eigenvalue weighted by Gasteiger charge is -2.14. The van der Waals surface area contributed by atoms with Crippen molar-refractivity contribution in [1.82, 2.24) is 0 Å². The summed E-state index contributed by atoms with van der Waals surface area (Å²) in [5.41, 5.74) is 6.75. The predicted octanol–water partition coefficient (Wildman–Crippen LogP) is 1.22. The zero-order chi connectivity index (χ0) is 13.3. The van der Waals surface area contributed by atoms with Crippen molar-refractivity contribution < 1.29 is 19.4 Å². The highest BCUT2D eigenvalue weighted by Gasteiger charge is 2.39. The van der Waals surface area contributed by atoms with Crippen LogP contribution in [0.15, 0.2) is 12.1 Å². The highest BCUT2D eigenvalue weighted by atomic mass is 16.5. The van der Waals surface area contributed by atoms with Crippen LogP contribution < -0.4 is 10.5 Å². The molecule has 0 amide bonds. The molecule has 1 aliphatic carbocycles. The molecule has 0 radical (unpaired) electrons. The molecule has 0 bridgehead atoms. The number of hydrogen-bond acceptors (Lipinski definition) is 5. The number of phenolic OH excluding ortho intramolecular Hbond substituents is 1. The number of carbonyl (C=O) groups is 1. The van der Waals surface area contributed by atoms with Crippen LogP contribution in [0.2, 0.25) is 0 Å². The van der Waals surface area contributed by atoms with Crippen molar-refractivity contribution in [1.29, 1.82) is 0 Å². The zero-order valence-corrected chi connectivity index (χ0v) is 10.5. The molecule has 0 unspecified atom stereocenters. The van der Waals surface area contributed by atoms with Crippen molar-refractivity contribution in [3.05, 3.63) is 23.3 Å². The summed E-state index contributed by atoms with van der Waals surface area (Å²) >= 11 is 0. The fourth-order valence-corrected chi connectivity index (χ4v) is 1.91. The molecular weight excluding hydrogens is 234 g/mol. The molecule has 0 atom stereocenters. The maximum atomic E-state index is 11.5. The van der Waals surface area contributed by atoms with Gasteiger partial charge in [-0.25, -0.2) is 4.79 Å². The minimum absolute atomic E-state index is 0.0434. The van der Waals surface area contributed by atoms with E-state index in [9.17, 15) is 9.90 Å². The summed E-state index contributed by atoms with van der Waals surface area (Å²) in [4.78, 5) is 11.5. The van der Waals surface area contributed by atoms with Gasteiger partial charge in [0, 0.05) is 11.1 Å². The average Bonchev–Trinajstić information content (AvgIpc) is 3.08. The molecule has 3 N–H and O–H groups in total. The Morgan fingerprint density at radius 3 is 2.61 bits per heavy atom. The summed E-state index contributed by atoms with van der Waals surface area (Å²) in [6, 6.07) is 3.07. The molecule has 5 heteroatoms. The summed E-state index contributed by atoms with van der Waals surface area (Å²) in [5.74, 6) is -0.157. The molecule has 0 aromatic heterocycles. The lowest BCUT2D eigenvalue weighted by molar-refractivity contribution is 0.0600. The van der Waals surface area contributed by atoms with Gasteiger partial charge in [0.2, 0.25) is 0 Å². The molecular formula is C13H17NO4. The van der Waals surface area contributed by atoms with E-state index in [4.69, 9.17) is 10.5 Å². The Morgan fingerprint density at radius 2 is 2.11 bits per heavy atom.